The minimum Gasteiger partial charge on any atom is -0.330 e. The highest BCUT2D eigenvalue weighted by Gasteiger charge is 2.09. The second-order valence-corrected chi connectivity index (χ2v) is 6.91. The molecule has 3 nitrogen and oxygen atoms in total. The van der Waals surface area contributed by atoms with Crippen LogP contribution in [0.15, 0.2) is 33.5 Å². The van der Waals surface area contributed by atoms with Gasteiger partial charge in [-0.25, -0.2) is 8.78 Å². The van der Waals surface area contributed by atoms with E-state index in [1.165, 1.54) is 0 Å². The van der Waals surface area contributed by atoms with Crippen LogP contribution >= 0.6 is 34.9 Å². The number of rotatable bonds is 7. The molecular weight excluding hydrogens is 346 g/mol. The Hall–Kier alpha value is -1.000. The van der Waals surface area contributed by atoms with Gasteiger partial charge in [0.25, 0.3) is 5.76 Å². The van der Waals surface area contributed by atoms with Crippen molar-refractivity contribution in [2.24, 2.45) is 0 Å². The first-order chi connectivity index (χ1) is 10.0. The average molecular weight is 355 g/mol. The molecule has 1 heterocycles. The van der Waals surface area contributed by atoms with E-state index in [4.69, 9.17) is 0 Å². The molecule has 0 bridgehead atoms. The summed E-state index contributed by atoms with van der Waals surface area (Å²) in [7, 11) is 0. The fraction of sp³-hybridized carbons (Fsp3) is 0.273. The number of nitrogens with zero attached hydrogens (tertiary/aromatic N) is 2. The zero-order valence-electron chi connectivity index (χ0n) is 10.3. The second kappa shape index (κ2) is 7.85. The van der Waals surface area contributed by atoms with Gasteiger partial charge in [0.2, 0.25) is 11.6 Å². The van der Waals surface area contributed by atoms with Gasteiger partial charge in [-0.1, -0.05) is 34.9 Å². The van der Waals surface area contributed by atoms with Gasteiger partial charge in [0.15, 0.2) is 4.34 Å². The van der Waals surface area contributed by atoms with Gasteiger partial charge in [-0.2, -0.15) is 8.78 Å². The number of nitrogens with one attached hydrogen (secondary N) is 1. The smallest absolute Gasteiger partial charge is 0.288 e. The highest BCUT2D eigenvalue weighted by atomic mass is 32.2. The molecule has 1 aromatic carbocycles. The van der Waals surface area contributed by atoms with E-state index < -0.39 is 12.2 Å². The summed E-state index contributed by atoms with van der Waals surface area (Å²) in [6.45, 7) is 0. The number of hydrogen-bond acceptors (Lipinski definition) is 6. The molecule has 0 aliphatic heterocycles. The Morgan fingerprint density at radius 2 is 1.81 bits per heavy atom. The van der Waals surface area contributed by atoms with Gasteiger partial charge in [-0.05, 0) is 24.3 Å². The lowest BCUT2D eigenvalue weighted by molar-refractivity contribution is 0.177. The Bertz CT molecular complexity index is 562. The van der Waals surface area contributed by atoms with Gasteiger partial charge in [-0.3, -0.25) is 0 Å². The van der Waals surface area contributed by atoms with E-state index in [1.807, 2.05) is 0 Å². The normalized spacial score (nSPS) is 11.3. The molecule has 10 heteroatoms. The molecule has 0 spiro atoms. The van der Waals surface area contributed by atoms with Crippen LogP contribution in [0.25, 0.3) is 0 Å². The van der Waals surface area contributed by atoms with Crippen molar-refractivity contribution in [3.63, 3.8) is 0 Å². The van der Waals surface area contributed by atoms with E-state index in [0.717, 1.165) is 23.1 Å². The molecule has 0 aliphatic rings. The molecule has 114 valence electrons. The maximum Gasteiger partial charge on any atom is 0.288 e. The molecule has 2 aromatic rings. The first-order valence-corrected chi connectivity index (χ1v) is 8.27. The molecule has 0 radical (unpaired) electrons. The molecule has 1 N–H and O–H groups in total. The molecular formula is C11H9F4N3S3. The van der Waals surface area contributed by atoms with Crippen molar-refractivity contribution < 1.29 is 17.6 Å². The van der Waals surface area contributed by atoms with Crippen LogP contribution in [0.5, 0.6) is 0 Å². The third kappa shape index (κ3) is 5.71. The molecule has 0 unspecified atom stereocenters. The van der Waals surface area contributed by atoms with Crippen molar-refractivity contribution in [3.8, 4) is 0 Å². The number of hydrogen-bond donors (Lipinski definition) is 1. The molecule has 0 atom stereocenters. The van der Waals surface area contributed by atoms with Crippen molar-refractivity contribution in [1.29, 1.82) is 0 Å². The lowest BCUT2D eigenvalue weighted by atomic mass is 10.3. The Kier molecular flexibility index (Phi) is 6.12. The van der Waals surface area contributed by atoms with E-state index in [0.29, 0.717) is 31.8 Å². The minimum absolute atomic E-state index is 0.325. The summed E-state index contributed by atoms with van der Waals surface area (Å²) in [5.41, 5.74) is 0.662. The summed E-state index contributed by atoms with van der Waals surface area (Å²) in [5.74, 6) is -2.78. The highest BCUT2D eigenvalue weighted by molar-refractivity contribution is 8.01. The van der Waals surface area contributed by atoms with Crippen LogP contribution in [0.4, 0.5) is 28.4 Å². The monoisotopic (exact) mass is 355 g/mol. The molecule has 1 aromatic heterocycles. The SMILES string of the molecule is FC(F)CSc1nnc(Nc2ccc(SC(F)F)cc2)s1. The Morgan fingerprint density at radius 3 is 2.43 bits per heavy atom. The lowest BCUT2D eigenvalue weighted by Gasteiger charge is -2.03. The summed E-state index contributed by atoms with van der Waals surface area (Å²) in [6.07, 6.45) is -2.39. The van der Waals surface area contributed by atoms with Crippen molar-refractivity contribution in [2.45, 2.75) is 21.4 Å². The number of anilines is 2. The van der Waals surface area contributed by atoms with Gasteiger partial charge in [0, 0.05) is 10.6 Å². The molecule has 2 rings (SSSR count). The lowest BCUT2D eigenvalue weighted by Crippen LogP contribution is -1.92. The van der Waals surface area contributed by atoms with Gasteiger partial charge in [-0.15, -0.1) is 10.2 Å². The molecule has 0 saturated carbocycles. The maximum absolute atomic E-state index is 12.2. The van der Waals surface area contributed by atoms with Crippen LogP contribution in [-0.2, 0) is 0 Å². The van der Waals surface area contributed by atoms with E-state index >= 15 is 0 Å². The summed E-state index contributed by atoms with van der Waals surface area (Å²) >= 11 is 2.56. The van der Waals surface area contributed by atoms with Crippen molar-refractivity contribution in [3.05, 3.63) is 24.3 Å². The van der Waals surface area contributed by atoms with Crippen LogP contribution < -0.4 is 5.32 Å². The maximum atomic E-state index is 12.2. The summed E-state index contributed by atoms with van der Waals surface area (Å²) in [4.78, 5) is 0.459. The van der Waals surface area contributed by atoms with Crippen molar-refractivity contribution in [1.82, 2.24) is 10.2 Å². The van der Waals surface area contributed by atoms with Crippen LogP contribution in [0.1, 0.15) is 0 Å². The fourth-order valence-electron chi connectivity index (χ4n) is 1.30. The topological polar surface area (TPSA) is 37.8 Å². The second-order valence-electron chi connectivity index (χ2n) is 3.60. The highest BCUT2D eigenvalue weighted by Crippen LogP contribution is 2.30. The van der Waals surface area contributed by atoms with Crippen LogP contribution in [0, 0.1) is 0 Å². The van der Waals surface area contributed by atoms with Gasteiger partial charge < -0.3 is 5.32 Å². The van der Waals surface area contributed by atoms with E-state index in [-0.39, 0.29) is 5.75 Å². The predicted molar refractivity (Wildman–Crippen MR) is 78.2 cm³/mol. The van der Waals surface area contributed by atoms with Gasteiger partial charge >= 0.3 is 0 Å². The summed E-state index contributed by atoms with van der Waals surface area (Å²) in [6, 6.07) is 6.40. The summed E-state index contributed by atoms with van der Waals surface area (Å²) in [5, 5.41) is 11.0. The molecule has 21 heavy (non-hydrogen) atoms. The standard InChI is InChI=1S/C11H9F4N3S3/c12-8(13)5-19-11-18-17-10(21-11)16-6-1-3-7(4-2-6)20-9(14)15/h1-4,8-9H,5H2,(H,16,17). The minimum atomic E-state index is -2.46. The zero-order chi connectivity index (χ0) is 15.2. The zero-order valence-corrected chi connectivity index (χ0v) is 12.8. The van der Waals surface area contributed by atoms with E-state index in [2.05, 4.69) is 15.5 Å². The number of thioether (sulfide) groups is 2. The Balaban J connectivity index is 1.92. The Labute approximate surface area is 130 Å². The number of aromatic nitrogens is 2. The fourth-order valence-corrected chi connectivity index (χ4v) is 3.34. The molecule has 0 saturated heterocycles. The molecule has 0 aliphatic carbocycles. The third-order valence-electron chi connectivity index (χ3n) is 2.07. The van der Waals surface area contributed by atoms with Crippen molar-refractivity contribution >= 4 is 45.7 Å². The van der Waals surface area contributed by atoms with Crippen molar-refractivity contribution in [2.75, 3.05) is 11.1 Å². The number of halogens is 4. The molecule has 0 amide bonds. The average Bonchev–Trinajstić information content (AvgIpc) is 2.86. The van der Waals surface area contributed by atoms with E-state index in [9.17, 15) is 17.6 Å². The van der Waals surface area contributed by atoms with Crippen LogP contribution in [-0.4, -0.2) is 28.1 Å². The Morgan fingerprint density at radius 1 is 1.10 bits per heavy atom. The van der Waals surface area contributed by atoms with Crippen LogP contribution in [0.3, 0.4) is 0 Å². The third-order valence-corrected chi connectivity index (χ3v) is 4.78. The summed E-state index contributed by atoms with van der Waals surface area (Å²) < 4.78 is 48.9. The van der Waals surface area contributed by atoms with Crippen LogP contribution in [0.2, 0.25) is 0 Å². The largest absolute Gasteiger partial charge is 0.330 e. The van der Waals surface area contributed by atoms with Gasteiger partial charge in [0.05, 0.1) is 5.75 Å². The number of alkyl halides is 4. The van der Waals surface area contributed by atoms with Gasteiger partial charge in [0.1, 0.15) is 0 Å². The number of benzene rings is 1. The first kappa shape index (κ1) is 16.4. The van der Waals surface area contributed by atoms with E-state index in [1.54, 1.807) is 24.3 Å². The predicted octanol–water partition coefficient (Wildman–Crippen LogP) is 4.95. The quantitative estimate of drug-likeness (QED) is 0.562. The first-order valence-electron chi connectivity index (χ1n) is 5.59. The molecule has 0 fully saturated rings.